The van der Waals surface area contributed by atoms with Gasteiger partial charge in [-0.05, 0) is 6.42 Å². The predicted octanol–water partition coefficient (Wildman–Crippen LogP) is 0.429. The van der Waals surface area contributed by atoms with Crippen LogP contribution in [0.2, 0.25) is 0 Å². The van der Waals surface area contributed by atoms with Crippen molar-refractivity contribution in [2.45, 2.75) is 32.4 Å². The van der Waals surface area contributed by atoms with E-state index in [4.69, 9.17) is 5.73 Å². The Morgan fingerprint density at radius 1 is 1.73 bits per heavy atom. The lowest BCUT2D eigenvalue weighted by molar-refractivity contribution is -0.120. The zero-order valence-corrected chi connectivity index (χ0v) is 9.23. The minimum absolute atomic E-state index is 0.00260. The first-order valence-electron chi connectivity index (χ1n) is 5.15. The molecule has 0 radical (unpaired) electrons. The third kappa shape index (κ3) is 3.06. The highest BCUT2D eigenvalue weighted by Crippen LogP contribution is 2.13. The number of nitrogens with zero attached hydrogens (tertiary/aromatic N) is 2. The summed E-state index contributed by atoms with van der Waals surface area (Å²) in [5, 5.41) is 2.59. The Hall–Kier alpha value is -1.36. The van der Waals surface area contributed by atoms with E-state index < -0.39 is 0 Å². The third-order valence-electron chi connectivity index (χ3n) is 2.42. The summed E-state index contributed by atoms with van der Waals surface area (Å²) in [6, 6.07) is -0.00260. The molecule has 1 atom stereocenters. The van der Waals surface area contributed by atoms with Gasteiger partial charge < -0.3 is 15.6 Å². The van der Waals surface area contributed by atoms with Crippen LogP contribution in [0.5, 0.6) is 0 Å². The number of hydrogen-bond acceptors (Lipinski definition) is 3. The normalized spacial score (nSPS) is 12.5. The second-order valence-electron chi connectivity index (χ2n) is 3.45. The number of carbonyl (C=O) groups is 1. The molecule has 1 rings (SSSR count). The first-order valence-corrected chi connectivity index (χ1v) is 5.15. The molecule has 1 amide bonds. The fraction of sp³-hybridized carbons (Fsp3) is 0.600. The van der Waals surface area contributed by atoms with Crippen molar-refractivity contribution in [3.05, 3.63) is 18.2 Å². The summed E-state index contributed by atoms with van der Waals surface area (Å²) in [6.45, 7) is 2.66. The molecule has 84 valence electrons. The lowest BCUT2D eigenvalue weighted by atomic mass is 10.2. The monoisotopic (exact) mass is 210 g/mol. The summed E-state index contributed by atoms with van der Waals surface area (Å²) >= 11 is 0. The van der Waals surface area contributed by atoms with Crippen molar-refractivity contribution in [3.63, 3.8) is 0 Å². The van der Waals surface area contributed by atoms with Gasteiger partial charge in [0.05, 0.1) is 12.0 Å². The molecule has 5 nitrogen and oxygen atoms in total. The summed E-state index contributed by atoms with van der Waals surface area (Å²) in [6.07, 6.45) is 4.80. The summed E-state index contributed by atoms with van der Waals surface area (Å²) in [7, 11) is 1.63. The fourth-order valence-electron chi connectivity index (χ4n) is 1.38. The SMILES string of the molecule is CC[C@@H](N)c1cncn1CCC(=O)NC. The van der Waals surface area contributed by atoms with Gasteiger partial charge in [-0.2, -0.15) is 0 Å². The van der Waals surface area contributed by atoms with Gasteiger partial charge in [0.2, 0.25) is 5.91 Å². The maximum atomic E-state index is 11.1. The molecule has 0 aromatic carbocycles. The number of amides is 1. The predicted molar refractivity (Wildman–Crippen MR) is 58.1 cm³/mol. The van der Waals surface area contributed by atoms with Crippen molar-refractivity contribution in [1.82, 2.24) is 14.9 Å². The topological polar surface area (TPSA) is 72.9 Å². The molecule has 0 aliphatic rings. The Bertz CT molecular complexity index is 321. The third-order valence-corrected chi connectivity index (χ3v) is 2.42. The summed E-state index contributed by atoms with van der Waals surface area (Å²) < 4.78 is 1.93. The van der Waals surface area contributed by atoms with Crippen LogP contribution in [0.25, 0.3) is 0 Å². The fourth-order valence-corrected chi connectivity index (χ4v) is 1.38. The maximum Gasteiger partial charge on any atom is 0.221 e. The average Bonchev–Trinajstić information content (AvgIpc) is 2.72. The number of aromatic nitrogens is 2. The van der Waals surface area contributed by atoms with Gasteiger partial charge in [-0.25, -0.2) is 4.98 Å². The molecule has 3 N–H and O–H groups in total. The van der Waals surface area contributed by atoms with Gasteiger partial charge in [0.25, 0.3) is 0 Å². The van der Waals surface area contributed by atoms with E-state index in [1.54, 1.807) is 19.6 Å². The van der Waals surface area contributed by atoms with Crippen LogP contribution < -0.4 is 11.1 Å². The molecule has 0 spiro atoms. The molecule has 5 heteroatoms. The van der Waals surface area contributed by atoms with Crippen LogP contribution in [0, 0.1) is 0 Å². The van der Waals surface area contributed by atoms with Crippen LogP contribution in [-0.4, -0.2) is 22.5 Å². The molecule has 1 heterocycles. The smallest absolute Gasteiger partial charge is 0.221 e. The number of carbonyl (C=O) groups excluding carboxylic acids is 1. The molecule has 0 fully saturated rings. The van der Waals surface area contributed by atoms with Crippen molar-refractivity contribution < 1.29 is 4.79 Å². The van der Waals surface area contributed by atoms with Gasteiger partial charge in [0.15, 0.2) is 0 Å². The second-order valence-corrected chi connectivity index (χ2v) is 3.45. The van der Waals surface area contributed by atoms with Crippen LogP contribution in [0.15, 0.2) is 12.5 Å². The van der Waals surface area contributed by atoms with E-state index in [2.05, 4.69) is 10.3 Å². The van der Waals surface area contributed by atoms with E-state index in [9.17, 15) is 4.79 Å². The highest BCUT2D eigenvalue weighted by molar-refractivity contribution is 5.75. The number of nitrogens with two attached hydrogens (primary N) is 1. The van der Waals surface area contributed by atoms with Crippen LogP contribution in [0.3, 0.4) is 0 Å². The molecule has 1 aromatic rings. The lowest BCUT2D eigenvalue weighted by Gasteiger charge is -2.12. The molecule has 1 aromatic heterocycles. The standard InChI is InChI=1S/C10H18N4O/c1-3-8(11)9-6-13-7-14(9)5-4-10(15)12-2/h6-8H,3-5,11H2,1-2H3,(H,12,15)/t8-/m1/s1. The molecular weight excluding hydrogens is 192 g/mol. The van der Waals surface area contributed by atoms with Crippen molar-refractivity contribution in [2.75, 3.05) is 7.05 Å². The highest BCUT2D eigenvalue weighted by Gasteiger charge is 2.09. The Balaban J connectivity index is 2.61. The highest BCUT2D eigenvalue weighted by atomic mass is 16.1. The number of nitrogens with one attached hydrogen (secondary N) is 1. The molecule has 0 unspecified atom stereocenters. The van der Waals surface area contributed by atoms with Crippen molar-refractivity contribution in [1.29, 1.82) is 0 Å². The van der Waals surface area contributed by atoms with Crippen molar-refractivity contribution in [3.8, 4) is 0 Å². The van der Waals surface area contributed by atoms with Crippen molar-refractivity contribution >= 4 is 5.91 Å². The van der Waals surface area contributed by atoms with Gasteiger partial charge in [-0.3, -0.25) is 4.79 Å². The van der Waals surface area contributed by atoms with E-state index in [0.29, 0.717) is 13.0 Å². The first kappa shape index (κ1) is 11.7. The van der Waals surface area contributed by atoms with Crippen molar-refractivity contribution in [2.24, 2.45) is 5.73 Å². The van der Waals surface area contributed by atoms with Gasteiger partial charge >= 0.3 is 0 Å². The Morgan fingerprint density at radius 3 is 3.07 bits per heavy atom. The van der Waals surface area contributed by atoms with Crippen LogP contribution >= 0.6 is 0 Å². The number of hydrogen-bond donors (Lipinski definition) is 2. The van der Waals surface area contributed by atoms with E-state index in [1.165, 1.54) is 0 Å². The van der Waals surface area contributed by atoms with E-state index in [-0.39, 0.29) is 11.9 Å². The molecule has 15 heavy (non-hydrogen) atoms. The van der Waals surface area contributed by atoms with Crippen LogP contribution in [-0.2, 0) is 11.3 Å². The van der Waals surface area contributed by atoms with Gasteiger partial charge in [0.1, 0.15) is 0 Å². The summed E-state index contributed by atoms with van der Waals surface area (Å²) in [4.78, 5) is 15.1. The number of rotatable bonds is 5. The zero-order chi connectivity index (χ0) is 11.3. The maximum absolute atomic E-state index is 11.1. The summed E-state index contributed by atoms with van der Waals surface area (Å²) in [5.74, 6) is 0.0275. The number of imidazole rings is 1. The van der Waals surface area contributed by atoms with Gasteiger partial charge in [0, 0.05) is 32.3 Å². The minimum atomic E-state index is -0.00260. The molecule has 0 bridgehead atoms. The second kappa shape index (κ2) is 5.50. The molecule has 0 saturated carbocycles. The Morgan fingerprint density at radius 2 is 2.47 bits per heavy atom. The first-order chi connectivity index (χ1) is 7.19. The quantitative estimate of drug-likeness (QED) is 0.740. The van der Waals surface area contributed by atoms with Crippen LogP contribution in [0.4, 0.5) is 0 Å². The van der Waals surface area contributed by atoms with Crippen LogP contribution in [0.1, 0.15) is 31.5 Å². The average molecular weight is 210 g/mol. The zero-order valence-electron chi connectivity index (χ0n) is 9.23. The van der Waals surface area contributed by atoms with Gasteiger partial charge in [-0.1, -0.05) is 6.92 Å². The Labute approximate surface area is 89.7 Å². The van der Waals surface area contributed by atoms with Gasteiger partial charge in [-0.15, -0.1) is 0 Å². The largest absolute Gasteiger partial charge is 0.359 e. The molecule has 0 aliphatic carbocycles. The van der Waals surface area contributed by atoms with E-state index >= 15 is 0 Å². The molecular formula is C10H18N4O. The Kier molecular flexibility index (Phi) is 4.30. The van der Waals surface area contributed by atoms with E-state index in [0.717, 1.165) is 12.1 Å². The van der Waals surface area contributed by atoms with E-state index in [1.807, 2.05) is 11.5 Å². The minimum Gasteiger partial charge on any atom is -0.359 e. The molecule has 0 aliphatic heterocycles. The number of aryl methyl sites for hydroxylation is 1. The molecule has 0 saturated heterocycles. The summed E-state index contributed by atoms with van der Waals surface area (Å²) in [5.41, 5.74) is 6.90. The lowest BCUT2D eigenvalue weighted by Crippen LogP contribution is -2.21.